The third-order valence-electron chi connectivity index (χ3n) is 5.46. The molecule has 2 aromatic carbocycles. The quantitative estimate of drug-likeness (QED) is 0.501. The van der Waals surface area contributed by atoms with Gasteiger partial charge in [0.25, 0.3) is 0 Å². The van der Waals surface area contributed by atoms with Gasteiger partial charge in [-0.3, -0.25) is 4.31 Å². The van der Waals surface area contributed by atoms with Crippen molar-refractivity contribution in [3.8, 4) is 0 Å². The number of alkyl carbamates (subject to hydrolysis) is 1. The van der Waals surface area contributed by atoms with Crippen LogP contribution in [0.4, 0.5) is 16.2 Å². The normalized spacial score (nSPS) is 16.2. The number of anilines is 2. The molecule has 2 N–H and O–H groups in total. The summed E-state index contributed by atoms with van der Waals surface area (Å²) in [7, 11) is -3.60. The van der Waals surface area contributed by atoms with Gasteiger partial charge in [0.15, 0.2) is 0 Å². The molecule has 0 fully saturated rings. The Labute approximate surface area is 199 Å². The molecular weight excluding hydrogens is 458 g/mol. The second-order valence-electron chi connectivity index (χ2n) is 9.17. The van der Waals surface area contributed by atoms with Crippen LogP contribution in [0.15, 0.2) is 64.0 Å². The van der Waals surface area contributed by atoms with Crippen LogP contribution in [0.1, 0.15) is 44.9 Å². The van der Waals surface area contributed by atoms with Gasteiger partial charge in [-0.2, -0.15) is 0 Å². The number of para-hydroxylation sites is 1. The third kappa shape index (κ3) is 5.30. The summed E-state index contributed by atoms with van der Waals surface area (Å²) in [6.07, 6.45) is 1.69. The van der Waals surface area contributed by atoms with Gasteiger partial charge in [-0.1, -0.05) is 30.0 Å². The Morgan fingerprint density at radius 1 is 1.18 bits per heavy atom. The van der Waals surface area contributed by atoms with Gasteiger partial charge >= 0.3 is 6.09 Å². The first-order valence-electron chi connectivity index (χ1n) is 10.9. The van der Waals surface area contributed by atoms with Crippen LogP contribution in [-0.2, 0) is 14.8 Å². The Morgan fingerprint density at radius 2 is 1.91 bits per heavy atom. The molecule has 0 radical (unpaired) electrons. The van der Waals surface area contributed by atoms with Crippen molar-refractivity contribution in [2.45, 2.75) is 54.8 Å². The van der Waals surface area contributed by atoms with Crippen molar-refractivity contribution >= 4 is 39.3 Å². The average molecular weight is 488 g/mol. The maximum absolute atomic E-state index is 13.3. The van der Waals surface area contributed by atoms with Crippen LogP contribution in [-0.4, -0.2) is 37.5 Å². The molecule has 2 aromatic rings. The third-order valence-corrected chi connectivity index (χ3v) is 8.72. The Hall–Kier alpha value is -2.65. The minimum Gasteiger partial charge on any atom is -0.444 e. The Kier molecular flexibility index (Phi) is 6.37. The van der Waals surface area contributed by atoms with Crippen molar-refractivity contribution in [2.24, 2.45) is 0 Å². The maximum atomic E-state index is 13.3. The Balaban J connectivity index is 1.44. The summed E-state index contributed by atoms with van der Waals surface area (Å²) in [6, 6.07) is 13.8. The van der Waals surface area contributed by atoms with E-state index in [9.17, 15) is 13.2 Å². The van der Waals surface area contributed by atoms with Crippen LogP contribution in [0.3, 0.4) is 0 Å². The van der Waals surface area contributed by atoms with Crippen LogP contribution >= 0.6 is 11.8 Å². The van der Waals surface area contributed by atoms with E-state index in [4.69, 9.17) is 4.74 Å². The zero-order valence-corrected chi connectivity index (χ0v) is 20.8. The molecule has 0 saturated carbocycles. The number of fused-ring (bicyclic) bond motifs is 2. The second-order valence-corrected chi connectivity index (χ2v) is 12.5. The van der Waals surface area contributed by atoms with Crippen molar-refractivity contribution in [3.05, 3.63) is 59.8 Å². The monoisotopic (exact) mass is 487 g/mol. The number of carbonyl (C=O) groups is 1. The van der Waals surface area contributed by atoms with Crippen molar-refractivity contribution < 1.29 is 17.9 Å². The molecule has 0 saturated heterocycles. The molecule has 33 heavy (non-hydrogen) atoms. The van der Waals surface area contributed by atoms with Gasteiger partial charge in [0.1, 0.15) is 10.9 Å². The largest absolute Gasteiger partial charge is 0.444 e. The maximum Gasteiger partial charge on any atom is 0.407 e. The number of rotatable bonds is 5. The molecule has 7 nitrogen and oxygen atoms in total. The highest BCUT2D eigenvalue weighted by Gasteiger charge is 2.32. The molecule has 1 unspecified atom stereocenters. The zero-order valence-electron chi connectivity index (χ0n) is 19.2. The predicted octanol–water partition coefficient (Wildman–Crippen LogP) is 5.40. The van der Waals surface area contributed by atoms with Crippen molar-refractivity contribution in [3.63, 3.8) is 0 Å². The van der Waals surface area contributed by atoms with E-state index < -0.39 is 27.0 Å². The van der Waals surface area contributed by atoms with E-state index in [2.05, 4.69) is 16.7 Å². The number of carbonyl (C=O) groups excluding carboxylic acids is 1. The minimum absolute atomic E-state index is 0.259. The van der Waals surface area contributed by atoms with Crippen LogP contribution in [0.25, 0.3) is 0 Å². The molecule has 0 aromatic heterocycles. The number of nitrogens with one attached hydrogen (secondary N) is 2. The van der Waals surface area contributed by atoms with Gasteiger partial charge in [0, 0.05) is 29.1 Å². The van der Waals surface area contributed by atoms with E-state index >= 15 is 0 Å². The average Bonchev–Trinajstić information content (AvgIpc) is 3.24. The number of hydrogen-bond acceptors (Lipinski definition) is 6. The lowest BCUT2D eigenvalue weighted by molar-refractivity contribution is 0.0532. The molecule has 1 amide bonds. The van der Waals surface area contributed by atoms with Crippen molar-refractivity contribution in [1.29, 1.82) is 0 Å². The summed E-state index contributed by atoms with van der Waals surface area (Å²) in [5.74, 6) is 0. The second kappa shape index (κ2) is 8.95. The molecule has 2 aliphatic heterocycles. The fourth-order valence-corrected chi connectivity index (χ4v) is 6.21. The lowest BCUT2D eigenvalue weighted by atomic mass is 10.1. The van der Waals surface area contributed by atoms with Gasteiger partial charge in [0.2, 0.25) is 10.0 Å². The summed E-state index contributed by atoms with van der Waals surface area (Å²) < 4.78 is 33.3. The van der Waals surface area contributed by atoms with Crippen LogP contribution in [0.5, 0.6) is 0 Å². The number of benzene rings is 2. The standard InChI is InChI=1S/C24H29N3O4S2/c1-16(18-9-10-22-20(13-18)26-19-7-5-6-8-21(19)32-22)33(29,30)27-12-11-17(15-27)14-25-23(28)31-24(2,3)4/h5-10,13,15-16,26H,11-12,14H2,1-4H3,(H,25,28). The van der Waals surface area contributed by atoms with Gasteiger partial charge in [-0.05, 0) is 69.5 Å². The summed E-state index contributed by atoms with van der Waals surface area (Å²) in [4.78, 5) is 14.1. The fraction of sp³-hybridized carbons (Fsp3) is 0.375. The highest BCUT2D eigenvalue weighted by molar-refractivity contribution is 7.99. The molecule has 0 bridgehead atoms. The molecule has 0 spiro atoms. The predicted molar refractivity (Wildman–Crippen MR) is 131 cm³/mol. The number of nitrogens with zero attached hydrogens (tertiary/aromatic N) is 1. The van der Waals surface area contributed by atoms with E-state index in [1.54, 1.807) is 45.7 Å². The summed E-state index contributed by atoms with van der Waals surface area (Å²) in [5.41, 5.74) is 2.93. The van der Waals surface area contributed by atoms with Crippen LogP contribution < -0.4 is 10.6 Å². The molecule has 176 valence electrons. The summed E-state index contributed by atoms with van der Waals surface area (Å²) >= 11 is 1.67. The molecular formula is C24H29N3O4S2. The Bertz CT molecular complexity index is 1200. The first-order valence-corrected chi connectivity index (χ1v) is 13.2. The van der Waals surface area contributed by atoms with Gasteiger partial charge in [0.05, 0.1) is 11.4 Å². The van der Waals surface area contributed by atoms with E-state index in [0.29, 0.717) is 13.0 Å². The first kappa shape index (κ1) is 23.5. The highest BCUT2D eigenvalue weighted by atomic mass is 32.2. The van der Waals surface area contributed by atoms with Crippen molar-refractivity contribution in [2.75, 3.05) is 18.4 Å². The van der Waals surface area contributed by atoms with Gasteiger partial charge in [-0.15, -0.1) is 0 Å². The smallest absolute Gasteiger partial charge is 0.407 e. The van der Waals surface area contributed by atoms with E-state index in [0.717, 1.165) is 32.3 Å². The molecule has 2 aliphatic rings. The number of ether oxygens (including phenoxy) is 1. The number of amides is 1. The summed E-state index contributed by atoms with van der Waals surface area (Å²) in [5, 5.41) is 5.40. The molecule has 9 heteroatoms. The SMILES string of the molecule is CC(c1ccc2c(c1)Nc1ccccc1S2)S(=O)(=O)N1C=C(CNC(=O)OC(C)(C)C)CC1. The lowest BCUT2D eigenvalue weighted by Crippen LogP contribution is -2.33. The molecule has 1 atom stereocenters. The van der Waals surface area contributed by atoms with Crippen LogP contribution in [0.2, 0.25) is 0 Å². The number of sulfonamides is 1. The van der Waals surface area contributed by atoms with Gasteiger partial charge in [-0.25, -0.2) is 13.2 Å². The first-order chi connectivity index (χ1) is 15.5. The molecule has 4 rings (SSSR count). The topological polar surface area (TPSA) is 87.7 Å². The van der Waals surface area contributed by atoms with Crippen LogP contribution in [0, 0.1) is 0 Å². The molecule has 2 heterocycles. The minimum atomic E-state index is -3.60. The van der Waals surface area contributed by atoms with E-state index in [-0.39, 0.29) is 6.54 Å². The Morgan fingerprint density at radius 3 is 2.67 bits per heavy atom. The lowest BCUT2D eigenvalue weighted by Gasteiger charge is -2.24. The van der Waals surface area contributed by atoms with Gasteiger partial charge < -0.3 is 15.4 Å². The highest BCUT2D eigenvalue weighted by Crippen LogP contribution is 2.45. The van der Waals surface area contributed by atoms with E-state index in [1.165, 1.54) is 4.31 Å². The fourth-order valence-electron chi connectivity index (χ4n) is 3.71. The number of hydrogen-bond donors (Lipinski definition) is 2. The summed E-state index contributed by atoms with van der Waals surface area (Å²) in [6.45, 7) is 7.73. The molecule has 0 aliphatic carbocycles. The van der Waals surface area contributed by atoms with Crippen molar-refractivity contribution in [1.82, 2.24) is 9.62 Å². The zero-order chi connectivity index (χ0) is 23.8. The van der Waals surface area contributed by atoms with E-state index in [1.807, 2.05) is 36.4 Å².